The molecule has 0 bridgehead atoms. The fourth-order valence-corrected chi connectivity index (χ4v) is 3.56. The van der Waals surface area contributed by atoms with E-state index in [-0.39, 0.29) is 0 Å². The van der Waals surface area contributed by atoms with Crippen molar-refractivity contribution in [2.45, 2.75) is 13.0 Å². The molecule has 2 aromatic rings. The maximum absolute atomic E-state index is 3.51. The van der Waals surface area contributed by atoms with Crippen LogP contribution < -0.4 is 4.48 Å². The van der Waals surface area contributed by atoms with E-state index in [1.165, 1.54) is 24.2 Å². The molecule has 0 saturated carbocycles. The summed E-state index contributed by atoms with van der Waals surface area (Å²) < 4.78 is 4.22. The van der Waals surface area contributed by atoms with Gasteiger partial charge < -0.3 is 4.48 Å². The average Bonchev–Trinajstić information content (AvgIpc) is 2.49. The minimum atomic E-state index is 0.922. The van der Waals surface area contributed by atoms with E-state index < -0.39 is 0 Å². The molecule has 0 heterocycles. The minimum absolute atomic E-state index is 0.922. The van der Waals surface area contributed by atoms with E-state index in [4.69, 9.17) is 0 Å². The lowest BCUT2D eigenvalue weighted by Gasteiger charge is -2.33. The van der Waals surface area contributed by atoms with Crippen LogP contribution >= 0.6 is 31.9 Å². The third-order valence-corrected chi connectivity index (χ3v) is 5.59. The highest BCUT2D eigenvalue weighted by Gasteiger charge is 2.22. The van der Waals surface area contributed by atoms with Crippen LogP contribution in [0.25, 0.3) is 0 Å². The average molecular weight is 456 g/mol. The van der Waals surface area contributed by atoms with Crippen LogP contribution in [-0.4, -0.2) is 45.8 Å². The molecule has 2 aromatic carbocycles. The summed E-state index contributed by atoms with van der Waals surface area (Å²) in [7, 11) is 9.22. The van der Waals surface area contributed by atoms with Crippen LogP contribution in [0.2, 0.25) is 0 Å². The molecule has 4 heteroatoms. The zero-order valence-electron chi connectivity index (χ0n) is 15.1. The van der Waals surface area contributed by atoms with Crippen molar-refractivity contribution >= 4 is 37.5 Å². The second-order valence-corrected chi connectivity index (χ2v) is 9.51. The van der Waals surface area contributed by atoms with Crippen LogP contribution in [0, 0.1) is 0 Å². The van der Waals surface area contributed by atoms with Crippen LogP contribution in [0.1, 0.15) is 12.0 Å². The molecule has 0 N–H and O–H groups in total. The molecule has 0 fully saturated rings. The van der Waals surface area contributed by atoms with Crippen molar-refractivity contribution in [3.63, 3.8) is 0 Å². The largest absolute Gasteiger partial charge is 0.325 e. The van der Waals surface area contributed by atoms with E-state index in [9.17, 15) is 0 Å². The second kappa shape index (κ2) is 8.13. The molecule has 24 heavy (non-hydrogen) atoms. The molecule has 0 aliphatic heterocycles. The van der Waals surface area contributed by atoms with Gasteiger partial charge in [-0.2, -0.15) is 0 Å². The van der Waals surface area contributed by atoms with Gasteiger partial charge in [0.1, 0.15) is 12.2 Å². The highest BCUT2D eigenvalue weighted by molar-refractivity contribution is 9.10. The molecule has 0 aliphatic rings. The molecule has 0 aliphatic carbocycles. The molecular weight excluding hydrogens is 428 g/mol. The highest BCUT2D eigenvalue weighted by Crippen LogP contribution is 2.22. The summed E-state index contributed by atoms with van der Waals surface area (Å²) in [5.41, 5.74) is 2.75. The number of benzene rings is 2. The lowest BCUT2D eigenvalue weighted by Crippen LogP contribution is -2.45. The van der Waals surface area contributed by atoms with E-state index in [1.807, 2.05) is 0 Å². The summed E-state index contributed by atoms with van der Waals surface area (Å²) in [5.74, 6) is 0. The summed E-state index contributed by atoms with van der Waals surface area (Å²) in [6, 6.07) is 17.4. The molecular formula is C20H28Br2N2+2. The van der Waals surface area contributed by atoms with Crippen molar-refractivity contribution in [1.82, 2.24) is 4.48 Å². The van der Waals surface area contributed by atoms with Gasteiger partial charge in [-0.15, -0.1) is 0 Å². The summed E-state index contributed by atoms with van der Waals surface area (Å²) in [6.45, 7) is 3.39. The molecule has 130 valence electrons. The van der Waals surface area contributed by atoms with Gasteiger partial charge in [-0.25, -0.2) is 0 Å². The normalized spacial score (nSPS) is 12.4. The van der Waals surface area contributed by atoms with E-state index in [2.05, 4.69) is 109 Å². The van der Waals surface area contributed by atoms with Gasteiger partial charge in [0.25, 0.3) is 0 Å². The van der Waals surface area contributed by atoms with Gasteiger partial charge in [0.05, 0.1) is 41.3 Å². The van der Waals surface area contributed by atoms with Gasteiger partial charge >= 0.3 is 0 Å². The molecule has 0 amide bonds. The SMILES string of the molecule is C[N+](C)(CCC[N+](C)(C)c1ccc(Br)cc1)Cc1ccc(Br)cc1. The fourth-order valence-electron chi connectivity index (χ4n) is 3.03. The fraction of sp³-hybridized carbons (Fsp3) is 0.400. The first-order valence-corrected chi connectivity index (χ1v) is 9.92. The lowest BCUT2D eigenvalue weighted by atomic mass is 10.2. The smallest absolute Gasteiger partial charge is 0.132 e. The zero-order chi connectivity index (χ0) is 17.8. The lowest BCUT2D eigenvalue weighted by molar-refractivity contribution is -0.903. The van der Waals surface area contributed by atoms with Crippen molar-refractivity contribution < 1.29 is 4.48 Å². The summed E-state index contributed by atoms with van der Waals surface area (Å²) >= 11 is 7.02. The maximum atomic E-state index is 3.51. The van der Waals surface area contributed by atoms with Crippen LogP contribution in [0.4, 0.5) is 5.69 Å². The predicted octanol–water partition coefficient (Wildman–Crippen LogP) is 5.45. The molecule has 0 aromatic heterocycles. The van der Waals surface area contributed by atoms with E-state index in [1.54, 1.807) is 0 Å². The Balaban J connectivity index is 1.89. The summed E-state index contributed by atoms with van der Waals surface area (Å²) in [4.78, 5) is 0. The molecule has 0 unspecified atom stereocenters. The molecule has 2 nitrogen and oxygen atoms in total. The number of hydrogen-bond acceptors (Lipinski definition) is 0. The van der Waals surface area contributed by atoms with Crippen LogP contribution in [0.15, 0.2) is 57.5 Å². The Morgan fingerprint density at radius 3 is 1.75 bits per heavy atom. The zero-order valence-corrected chi connectivity index (χ0v) is 18.3. The van der Waals surface area contributed by atoms with Gasteiger partial charge in [-0.3, -0.25) is 4.48 Å². The Hall–Kier alpha value is -0.680. The van der Waals surface area contributed by atoms with Crippen molar-refractivity contribution in [1.29, 1.82) is 0 Å². The molecule has 0 radical (unpaired) electrons. The topological polar surface area (TPSA) is 0 Å². The Morgan fingerprint density at radius 2 is 1.21 bits per heavy atom. The molecule has 0 saturated heterocycles. The quantitative estimate of drug-likeness (QED) is 0.487. The van der Waals surface area contributed by atoms with Crippen LogP contribution in [0.5, 0.6) is 0 Å². The second-order valence-electron chi connectivity index (χ2n) is 7.68. The number of hydrogen-bond donors (Lipinski definition) is 0. The number of quaternary nitrogens is 2. The van der Waals surface area contributed by atoms with Crippen molar-refractivity contribution in [2.24, 2.45) is 0 Å². The first kappa shape index (κ1) is 19.6. The highest BCUT2D eigenvalue weighted by atomic mass is 79.9. The van der Waals surface area contributed by atoms with E-state index in [0.29, 0.717) is 0 Å². The third kappa shape index (κ3) is 5.99. The maximum Gasteiger partial charge on any atom is 0.132 e. The molecule has 2 rings (SSSR count). The van der Waals surface area contributed by atoms with E-state index >= 15 is 0 Å². The Kier molecular flexibility index (Phi) is 6.66. The van der Waals surface area contributed by atoms with Gasteiger partial charge in [0.15, 0.2) is 0 Å². The predicted molar refractivity (Wildman–Crippen MR) is 112 cm³/mol. The monoisotopic (exact) mass is 454 g/mol. The number of rotatable bonds is 7. The Labute approximate surface area is 163 Å². The van der Waals surface area contributed by atoms with Gasteiger partial charge in [0.2, 0.25) is 0 Å². The number of halogens is 2. The standard InChI is InChI=1S/C20H28Br2N2/c1-23(2,16-17-6-8-18(21)9-7-17)14-5-15-24(3,4)20-12-10-19(22)11-13-20/h6-13H,5,14-16H2,1-4H3/q+2. The van der Waals surface area contributed by atoms with Crippen molar-refractivity contribution in [2.75, 3.05) is 41.3 Å². The van der Waals surface area contributed by atoms with E-state index in [0.717, 1.165) is 31.0 Å². The molecule has 0 atom stereocenters. The molecule has 0 spiro atoms. The van der Waals surface area contributed by atoms with Crippen LogP contribution in [-0.2, 0) is 6.54 Å². The Bertz CT molecular complexity index is 646. The first-order chi connectivity index (χ1) is 11.2. The van der Waals surface area contributed by atoms with Gasteiger partial charge in [0, 0.05) is 33.1 Å². The van der Waals surface area contributed by atoms with Crippen LogP contribution in [0.3, 0.4) is 0 Å². The minimum Gasteiger partial charge on any atom is -0.325 e. The Morgan fingerprint density at radius 1 is 0.708 bits per heavy atom. The van der Waals surface area contributed by atoms with Crippen molar-refractivity contribution in [3.05, 3.63) is 63.0 Å². The first-order valence-electron chi connectivity index (χ1n) is 8.34. The number of nitrogens with zero attached hydrogens (tertiary/aromatic N) is 2. The van der Waals surface area contributed by atoms with Gasteiger partial charge in [-0.05, 0) is 24.3 Å². The van der Waals surface area contributed by atoms with Gasteiger partial charge in [-0.1, -0.05) is 44.0 Å². The van der Waals surface area contributed by atoms with Crippen molar-refractivity contribution in [3.8, 4) is 0 Å². The third-order valence-electron chi connectivity index (χ3n) is 4.53. The summed E-state index contributed by atoms with van der Waals surface area (Å²) in [5, 5.41) is 0. The summed E-state index contributed by atoms with van der Waals surface area (Å²) in [6.07, 6.45) is 1.20.